The van der Waals surface area contributed by atoms with E-state index in [4.69, 9.17) is 0 Å². The zero-order valence-corrected chi connectivity index (χ0v) is 8.57. The second-order valence-corrected chi connectivity index (χ2v) is 3.56. The molecule has 0 aliphatic heterocycles. The zero-order chi connectivity index (χ0) is 10.7. The number of nitrogens with one attached hydrogen (secondary N) is 1. The Labute approximate surface area is 83.1 Å². The monoisotopic (exact) mass is 194 g/mol. The van der Waals surface area contributed by atoms with Crippen molar-refractivity contribution in [2.45, 2.75) is 26.8 Å². The lowest BCUT2D eigenvalue weighted by Gasteiger charge is -2.10. The molecule has 14 heavy (non-hydrogen) atoms. The van der Waals surface area contributed by atoms with Gasteiger partial charge in [0.15, 0.2) is 0 Å². The summed E-state index contributed by atoms with van der Waals surface area (Å²) in [4.78, 5) is 10.2. The van der Waals surface area contributed by atoms with E-state index in [1.165, 1.54) is 6.07 Å². The number of nitro benzene ring substituents is 1. The number of benzene rings is 1. The van der Waals surface area contributed by atoms with Crippen LogP contribution >= 0.6 is 0 Å². The third-order valence-electron chi connectivity index (χ3n) is 1.85. The Morgan fingerprint density at radius 1 is 1.43 bits per heavy atom. The van der Waals surface area contributed by atoms with Crippen LogP contribution in [-0.4, -0.2) is 11.0 Å². The van der Waals surface area contributed by atoms with Crippen LogP contribution in [0.2, 0.25) is 0 Å². The van der Waals surface area contributed by atoms with Crippen LogP contribution in [0, 0.1) is 17.0 Å². The first kappa shape index (κ1) is 10.5. The summed E-state index contributed by atoms with van der Waals surface area (Å²) in [5.74, 6) is 0. The van der Waals surface area contributed by atoms with E-state index in [0.717, 1.165) is 5.69 Å². The summed E-state index contributed by atoms with van der Waals surface area (Å²) >= 11 is 0. The van der Waals surface area contributed by atoms with Crippen LogP contribution in [0.1, 0.15) is 19.4 Å². The van der Waals surface area contributed by atoms with Gasteiger partial charge in [0.2, 0.25) is 0 Å². The van der Waals surface area contributed by atoms with E-state index in [1.54, 1.807) is 19.1 Å². The predicted molar refractivity (Wildman–Crippen MR) is 56.6 cm³/mol. The Morgan fingerprint density at radius 3 is 2.50 bits per heavy atom. The zero-order valence-electron chi connectivity index (χ0n) is 8.57. The summed E-state index contributed by atoms with van der Waals surface area (Å²) in [6.07, 6.45) is 0. The quantitative estimate of drug-likeness (QED) is 0.594. The van der Waals surface area contributed by atoms with Crippen molar-refractivity contribution in [3.63, 3.8) is 0 Å². The minimum atomic E-state index is -0.367. The maximum atomic E-state index is 10.5. The molecular formula is C10H14N2O2. The summed E-state index contributed by atoms with van der Waals surface area (Å²) in [6, 6.07) is 5.37. The van der Waals surface area contributed by atoms with Crippen molar-refractivity contribution in [3.05, 3.63) is 33.9 Å². The minimum absolute atomic E-state index is 0.166. The van der Waals surface area contributed by atoms with Gasteiger partial charge in [-0.15, -0.1) is 0 Å². The first-order valence-electron chi connectivity index (χ1n) is 4.52. The maximum absolute atomic E-state index is 10.5. The van der Waals surface area contributed by atoms with Crippen molar-refractivity contribution in [1.82, 2.24) is 0 Å². The molecule has 0 saturated carbocycles. The van der Waals surface area contributed by atoms with Crippen LogP contribution in [0.25, 0.3) is 0 Å². The molecule has 0 bridgehead atoms. The maximum Gasteiger partial charge on any atom is 0.272 e. The van der Waals surface area contributed by atoms with Gasteiger partial charge in [-0.05, 0) is 32.9 Å². The van der Waals surface area contributed by atoms with Gasteiger partial charge < -0.3 is 5.32 Å². The summed E-state index contributed by atoms with van der Waals surface area (Å²) in [5, 5.41) is 13.7. The van der Waals surface area contributed by atoms with Crippen molar-refractivity contribution in [3.8, 4) is 0 Å². The van der Waals surface area contributed by atoms with Gasteiger partial charge >= 0.3 is 0 Å². The number of aryl methyl sites for hydroxylation is 1. The number of nitrogens with zero attached hydrogens (tertiary/aromatic N) is 1. The Morgan fingerprint density at radius 2 is 2.07 bits per heavy atom. The van der Waals surface area contributed by atoms with Gasteiger partial charge in [-0.2, -0.15) is 0 Å². The van der Waals surface area contributed by atoms with E-state index in [1.807, 2.05) is 13.8 Å². The molecule has 1 aromatic rings. The molecule has 0 unspecified atom stereocenters. The van der Waals surface area contributed by atoms with E-state index >= 15 is 0 Å². The van der Waals surface area contributed by atoms with Crippen molar-refractivity contribution >= 4 is 11.4 Å². The van der Waals surface area contributed by atoms with Gasteiger partial charge in [0.1, 0.15) is 0 Å². The number of rotatable bonds is 3. The van der Waals surface area contributed by atoms with Crippen molar-refractivity contribution in [1.29, 1.82) is 0 Å². The number of nitro groups is 1. The highest BCUT2D eigenvalue weighted by Crippen LogP contribution is 2.21. The molecule has 0 fully saturated rings. The lowest BCUT2D eigenvalue weighted by Crippen LogP contribution is -2.09. The molecule has 0 spiro atoms. The lowest BCUT2D eigenvalue weighted by atomic mass is 10.1. The summed E-state index contributed by atoms with van der Waals surface area (Å²) < 4.78 is 0. The standard InChI is InChI=1S/C10H14N2O2/c1-7(2)11-9-4-5-10(12(13)14)8(3)6-9/h4-7,11H,1-3H3. The second-order valence-electron chi connectivity index (χ2n) is 3.56. The molecule has 0 aliphatic carbocycles. The van der Waals surface area contributed by atoms with Gasteiger partial charge in [-0.3, -0.25) is 10.1 Å². The lowest BCUT2D eigenvalue weighted by molar-refractivity contribution is -0.385. The van der Waals surface area contributed by atoms with Crippen LogP contribution < -0.4 is 5.32 Å². The molecule has 1 aromatic carbocycles. The van der Waals surface area contributed by atoms with E-state index in [2.05, 4.69) is 5.32 Å². The summed E-state index contributed by atoms with van der Waals surface area (Å²) in [6.45, 7) is 5.79. The molecule has 0 heterocycles. The van der Waals surface area contributed by atoms with Crippen LogP contribution in [0.3, 0.4) is 0 Å². The number of hydrogen-bond donors (Lipinski definition) is 1. The number of anilines is 1. The van der Waals surface area contributed by atoms with E-state index in [9.17, 15) is 10.1 Å². The normalized spacial score (nSPS) is 10.3. The average Bonchev–Trinajstić information content (AvgIpc) is 2.01. The molecule has 0 amide bonds. The summed E-state index contributed by atoms with van der Waals surface area (Å²) in [7, 11) is 0. The molecule has 0 saturated heterocycles. The van der Waals surface area contributed by atoms with Crippen LogP contribution in [-0.2, 0) is 0 Å². The fourth-order valence-corrected chi connectivity index (χ4v) is 1.28. The first-order valence-corrected chi connectivity index (χ1v) is 4.52. The third-order valence-corrected chi connectivity index (χ3v) is 1.85. The molecule has 4 heteroatoms. The van der Waals surface area contributed by atoms with Crippen LogP contribution in [0.5, 0.6) is 0 Å². The predicted octanol–water partition coefficient (Wildman–Crippen LogP) is 2.72. The number of hydrogen-bond acceptors (Lipinski definition) is 3. The highest BCUT2D eigenvalue weighted by molar-refractivity contribution is 5.53. The van der Waals surface area contributed by atoms with Crippen LogP contribution in [0.15, 0.2) is 18.2 Å². The molecule has 0 aliphatic rings. The Bertz CT molecular complexity index is 348. The van der Waals surface area contributed by atoms with E-state index < -0.39 is 0 Å². The van der Waals surface area contributed by atoms with Gasteiger partial charge in [-0.25, -0.2) is 0 Å². The molecule has 0 radical (unpaired) electrons. The van der Waals surface area contributed by atoms with E-state index in [0.29, 0.717) is 11.6 Å². The van der Waals surface area contributed by atoms with Crippen molar-refractivity contribution in [2.75, 3.05) is 5.32 Å². The van der Waals surface area contributed by atoms with E-state index in [-0.39, 0.29) is 10.6 Å². The fraction of sp³-hybridized carbons (Fsp3) is 0.400. The summed E-state index contributed by atoms with van der Waals surface area (Å²) in [5.41, 5.74) is 1.77. The SMILES string of the molecule is Cc1cc(NC(C)C)ccc1[N+](=O)[O-]. The average molecular weight is 194 g/mol. The Balaban J connectivity index is 2.94. The van der Waals surface area contributed by atoms with Crippen LogP contribution in [0.4, 0.5) is 11.4 Å². The first-order chi connectivity index (χ1) is 6.50. The largest absolute Gasteiger partial charge is 0.383 e. The topological polar surface area (TPSA) is 55.2 Å². The van der Waals surface area contributed by atoms with Crippen molar-refractivity contribution < 1.29 is 4.92 Å². The Kier molecular flexibility index (Phi) is 3.06. The minimum Gasteiger partial charge on any atom is -0.383 e. The molecule has 0 aromatic heterocycles. The fourth-order valence-electron chi connectivity index (χ4n) is 1.28. The molecule has 1 rings (SSSR count). The second kappa shape index (κ2) is 4.09. The smallest absolute Gasteiger partial charge is 0.272 e. The molecule has 0 atom stereocenters. The van der Waals surface area contributed by atoms with Gasteiger partial charge in [-0.1, -0.05) is 0 Å². The highest BCUT2D eigenvalue weighted by atomic mass is 16.6. The molecule has 76 valence electrons. The third kappa shape index (κ3) is 2.45. The van der Waals surface area contributed by atoms with Gasteiger partial charge in [0.05, 0.1) is 4.92 Å². The molecule has 4 nitrogen and oxygen atoms in total. The molecule has 1 N–H and O–H groups in total. The highest BCUT2D eigenvalue weighted by Gasteiger charge is 2.09. The molecular weight excluding hydrogens is 180 g/mol. The Hall–Kier alpha value is -1.58. The van der Waals surface area contributed by atoms with Gasteiger partial charge in [0, 0.05) is 23.4 Å². The van der Waals surface area contributed by atoms with Crippen molar-refractivity contribution in [2.24, 2.45) is 0 Å². The van der Waals surface area contributed by atoms with Gasteiger partial charge in [0.25, 0.3) is 5.69 Å².